The van der Waals surface area contributed by atoms with Crippen molar-refractivity contribution < 1.29 is 17.6 Å². The van der Waals surface area contributed by atoms with E-state index in [1.807, 2.05) is 42.5 Å². The van der Waals surface area contributed by atoms with Crippen LogP contribution in [-0.2, 0) is 6.42 Å². The lowest BCUT2D eigenvalue weighted by atomic mass is 9.92. The highest BCUT2D eigenvalue weighted by molar-refractivity contribution is 5.72. The minimum atomic E-state index is -1.15. The molecule has 0 bridgehead atoms. The Labute approximate surface area is 178 Å². The Kier molecular flexibility index (Phi) is 5.90. The molecule has 0 heterocycles. The van der Waals surface area contributed by atoms with E-state index in [0.29, 0.717) is 17.0 Å². The van der Waals surface area contributed by atoms with Crippen LogP contribution in [0.2, 0.25) is 0 Å². The number of halogens is 4. The maximum atomic E-state index is 14.7. The average molecular weight is 420 g/mol. The van der Waals surface area contributed by atoms with Crippen molar-refractivity contribution in [2.24, 2.45) is 0 Å². The molecular formula is C27H20F4. The van der Waals surface area contributed by atoms with E-state index in [0.717, 1.165) is 30.2 Å². The molecular weight excluding hydrogens is 400 g/mol. The van der Waals surface area contributed by atoms with Crippen LogP contribution in [0.15, 0.2) is 84.9 Å². The summed E-state index contributed by atoms with van der Waals surface area (Å²) < 4.78 is 56.0. The molecule has 0 saturated carbocycles. The van der Waals surface area contributed by atoms with Crippen LogP contribution in [0, 0.1) is 23.3 Å². The molecule has 0 fully saturated rings. The molecule has 4 aromatic carbocycles. The topological polar surface area (TPSA) is 0 Å². The Morgan fingerprint density at radius 2 is 1.16 bits per heavy atom. The third-order valence-corrected chi connectivity index (χ3v) is 5.45. The van der Waals surface area contributed by atoms with Crippen LogP contribution >= 0.6 is 0 Å². The van der Waals surface area contributed by atoms with E-state index < -0.39 is 23.3 Å². The van der Waals surface area contributed by atoms with Gasteiger partial charge < -0.3 is 0 Å². The summed E-state index contributed by atoms with van der Waals surface area (Å²) in [5.74, 6) is -3.54. The van der Waals surface area contributed by atoms with E-state index in [2.05, 4.69) is 19.1 Å². The predicted molar refractivity (Wildman–Crippen MR) is 116 cm³/mol. The van der Waals surface area contributed by atoms with Gasteiger partial charge in [-0.25, -0.2) is 17.6 Å². The molecule has 156 valence electrons. The smallest absolute Gasteiger partial charge is 0.159 e. The van der Waals surface area contributed by atoms with Crippen LogP contribution in [-0.4, -0.2) is 0 Å². The third kappa shape index (κ3) is 4.53. The quantitative estimate of drug-likeness (QED) is 0.288. The zero-order valence-corrected chi connectivity index (χ0v) is 16.9. The first kappa shape index (κ1) is 20.9. The molecule has 0 aliphatic carbocycles. The fraction of sp³-hybridized carbons (Fsp3) is 0.111. The first-order chi connectivity index (χ1) is 14.9. The van der Waals surface area contributed by atoms with Gasteiger partial charge in [0.15, 0.2) is 11.6 Å². The van der Waals surface area contributed by atoms with Gasteiger partial charge in [-0.15, -0.1) is 0 Å². The largest absolute Gasteiger partial charge is 0.206 e. The van der Waals surface area contributed by atoms with Crippen molar-refractivity contribution in [1.29, 1.82) is 0 Å². The van der Waals surface area contributed by atoms with Gasteiger partial charge in [0.2, 0.25) is 0 Å². The van der Waals surface area contributed by atoms with Crippen molar-refractivity contribution in [3.8, 4) is 22.3 Å². The second kappa shape index (κ2) is 8.76. The monoisotopic (exact) mass is 420 g/mol. The molecule has 0 spiro atoms. The molecule has 0 aliphatic heterocycles. The lowest BCUT2D eigenvalue weighted by molar-refractivity contribution is 0.508. The van der Waals surface area contributed by atoms with Crippen LogP contribution in [0.3, 0.4) is 0 Å². The summed E-state index contributed by atoms with van der Waals surface area (Å²) in [6, 6.07) is 23.0. The van der Waals surface area contributed by atoms with Gasteiger partial charge in [-0.1, -0.05) is 67.6 Å². The Balaban J connectivity index is 1.58. The summed E-state index contributed by atoms with van der Waals surface area (Å²) in [6.07, 6.45) is 0.849. The molecule has 0 aliphatic rings. The summed E-state index contributed by atoms with van der Waals surface area (Å²) in [7, 11) is 0. The minimum Gasteiger partial charge on any atom is -0.206 e. The average Bonchev–Trinajstić information content (AvgIpc) is 2.77. The van der Waals surface area contributed by atoms with Gasteiger partial charge in [0.1, 0.15) is 11.6 Å². The van der Waals surface area contributed by atoms with Crippen LogP contribution in [0.4, 0.5) is 17.6 Å². The van der Waals surface area contributed by atoms with Gasteiger partial charge in [-0.05, 0) is 64.4 Å². The fourth-order valence-corrected chi connectivity index (χ4v) is 3.75. The maximum Gasteiger partial charge on any atom is 0.159 e. The van der Waals surface area contributed by atoms with Gasteiger partial charge in [-0.2, -0.15) is 0 Å². The Morgan fingerprint density at radius 1 is 0.581 bits per heavy atom. The summed E-state index contributed by atoms with van der Waals surface area (Å²) >= 11 is 0. The van der Waals surface area contributed by atoms with Gasteiger partial charge >= 0.3 is 0 Å². The Bertz CT molecular complexity index is 1170. The van der Waals surface area contributed by atoms with E-state index >= 15 is 0 Å². The van der Waals surface area contributed by atoms with E-state index in [1.54, 1.807) is 0 Å². The maximum absolute atomic E-state index is 14.7. The highest BCUT2D eigenvalue weighted by atomic mass is 19.2. The Morgan fingerprint density at radius 3 is 1.77 bits per heavy atom. The molecule has 0 aromatic heterocycles. The molecule has 0 N–H and O–H groups in total. The SMILES string of the molecule is CC(Cc1ccc(-c2cc(F)c(-c3ccc(F)c(F)c3)c(F)c2)cc1)c1ccccc1. The number of hydrogen-bond acceptors (Lipinski definition) is 0. The lowest BCUT2D eigenvalue weighted by Gasteiger charge is -2.13. The van der Waals surface area contributed by atoms with Crippen LogP contribution in [0.1, 0.15) is 24.0 Å². The highest BCUT2D eigenvalue weighted by Crippen LogP contribution is 2.32. The van der Waals surface area contributed by atoms with Gasteiger partial charge in [-0.3, -0.25) is 0 Å². The van der Waals surface area contributed by atoms with Gasteiger partial charge in [0, 0.05) is 0 Å². The van der Waals surface area contributed by atoms with Gasteiger partial charge in [0.05, 0.1) is 5.56 Å². The summed E-state index contributed by atoms with van der Waals surface area (Å²) in [4.78, 5) is 0. The van der Waals surface area contributed by atoms with Crippen LogP contribution in [0.5, 0.6) is 0 Å². The van der Waals surface area contributed by atoms with Crippen molar-refractivity contribution in [3.63, 3.8) is 0 Å². The zero-order valence-electron chi connectivity index (χ0n) is 16.9. The molecule has 1 unspecified atom stereocenters. The minimum absolute atomic E-state index is 0.0503. The molecule has 0 amide bonds. The number of rotatable bonds is 5. The standard InChI is InChI=1S/C27H20F4/c1-17(19-5-3-2-4-6-19)13-18-7-9-20(10-8-18)22-15-25(30)27(26(31)16-22)21-11-12-23(28)24(29)14-21/h2-12,14-17H,13H2,1H3. The molecule has 0 nitrogen and oxygen atoms in total. The van der Waals surface area contributed by atoms with Crippen LogP contribution in [0.25, 0.3) is 22.3 Å². The van der Waals surface area contributed by atoms with Crippen molar-refractivity contribution in [1.82, 2.24) is 0 Å². The van der Waals surface area contributed by atoms with Crippen molar-refractivity contribution in [2.75, 3.05) is 0 Å². The fourth-order valence-electron chi connectivity index (χ4n) is 3.75. The van der Waals surface area contributed by atoms with E-state index in [-0.39, 0.29) is 11.1 Å². The molecule has 4 heteroatoms. The second-order valence-corrected chi connectivity index (χ2v) is 7.66. The predicted octanol–water partition coefficient (Wildman–Crippen LogP) is 7.92. The van der Waals surface area contributed by atoms with E-state index in [4.69, 9.17) is 0 Å². The molecule has 0 radical (unpaired) electrons. The molecule has 4 aromatic rings. The first-order valence-corrected chi connectivity index (χ1v) is 10.0. The van der Waals surface area contributed by atoms with E-state index in [9.17, 15) is 17.6 Å². The zero-order chi connectivity index (χ0) is 22.0. The van der Waals surface area contributed by atoms with Crippen molar-refractivity contribution in [2.45, 2.75) is 19.3 Å². The highest BCUT2D eigenvalue weighted by Gasteiger charge is 2.16. The van der Waals surface area contributed by atoms with E-state index in [1.165, 1.54) is 17.7 Å². The van der Waals surface area contributed by atoms with Crippen LogP contribution < -0.4 is 0 Å². The normalized spacial score (nSPS) is 12.0. The second-order valence-electron chi connectivity index (χ2n) is 7.66. The summed E-state index contributed by atoms with van der Waals surface area (Å²) in [6.45, 7) is 2.16. The summed E-state index contributed by atoms with van der Waals surface area (Å²) in [5, 5.41) is 0. The molecule has 0 saturated heterocycles. The molecule has 1 atom stereocenters. The van der Waals surface area contributed by atoms with Crippen molar-refractivity contribution >= 4 is 0 Å². The Hall–Kier alpha value is -3.40. The first-order valence-electron chi connectivity index (χ1n) is 10.0. The molecule has 4 rings (SSSR count). The van der Waals surface area contributed by atoms with Gasteiger partial charge in [0.25, 0.3) is 0 Å². The third-order valence-electron chi connectivity index (χ3n) is 5.45. The molecule has 31 heavy (non-hydrogen) atoms. The summed E-state index contributed by atoms with van der Waals surface area (Å²) in [5.41, 5.74) is 3.00. The van der Waals surface area contributed by atoms with Crippen molar-refractivity contribution in [3.05, 3.63) is 119 Å². The number of benzene rings is 4. The lowest BCUT2D eigenvalue weighted by Crippen LogP contribution is -1.98. The number of hydrogen-bond donors (Lipinski definition) is 0.